The quantitative estimate of drug-likeness (QED) is 0.355. The van der Waals surface area contributed by atoms with E-state index in [1.807, 2.05) is 18.2 Å². The predicted octanol–water partition coefficient (Wildman–Crippen LogP) is 3.10. The van der Waals surface area contributed by atoms with Gasteiger partial charge in [0.2, 0.25) is 5.78 Å². The number of hydrogen-bond acceptors (Lipinski definition) is 8. The number of likely N-dealkylation sites (tertiary alicyclic amines) is 1. The van der Waals surface area contributed by atoms with Crippen LogP contribution in [-0.2, 0) is 22.6 Å². The van der Waals surface area contributed by atoms with Crippen LogP contribution in [0.5, 0.6) is 5.75 Å². The fourth-order valence-electron chi connectivity index (χ4n) is 7.23. The van der Waals surface area contributed by atoms with Crippen molar-refractivity contribution in [2.24, 2.45) is 17.6 Å². The van der Waals surface area contributed by atoms with Gasteiger partial charge in [0.1, 0.15) is 28.7 Å². The van der Waals surface area contributed by atoms with Gasteiger partial charge in [-0.25, -0.2) is 4.39 Å². The van der Waals surface area contributed by atoms with Gasteiger partial charge in [-0.3, -0.25) is 19.3 Å². The summed E-state index contributed by atoms with van der Waals surface area (Å²) < 4.78 is 16.0. The van der Waals surface area contributed by atoms with Gasteiger partial charge in [0.15, 0.2) is 11.4 Å². The number of halogens is 1. The molecule has 6 N–H and O–H groups in total. The molecule has 3 atom stereocenters. The standard InChI is InChI=1S/C31H31FN2O7/c32-26-18(14-34-8-6-16(7-9-34)15-4-2-1-3-5-15)12-21(35)24-20(26)11-17-10-19-13-22(36)25(30(33)40)29(39)31(19,41)28(38)23(17)27(24)37/h1-5,12,16-17,19,35-36,38,41H,6-11,13-14H2,(H2,33,40)/t17?,19-,31-/m0/s1. The van der Waals surface area contributed by atoms with E-state index in [2.05, 4.69) is 17.0 Å². The maximum absolute atomic E-state index is 16.0. The van der Waals surface area contributed by atoms with Crippen LogP contribution in [0.3, 0.4) is 0 Å². The number of aliphatic hydroxyl groups is 3. The molecule has 6 rings (SSSR count). The van der Waals surface area contributed by atoms with Crippen LogP contribution in [-0.4, -0.2) is 61.5 Å². The van der Waals surface area contributed by atoms with E-state index in [-0.39, 0.29) is 48.1 Å². The number of hydrogen-bond donors (Lipinski definition) is 5. The van der Waals surface area contributed by atoms with Gasteiger partial charge in [-0.1, -0.05) is 30.3 Å². The molecule has 3 aliphatic carbocycles. The number of rotatable bonds is 4. The van der Waals surface area contributed by atoms with Gasteiger partial charge in [0, 0.05) is 35.6 Å². The fraction of sp³-hybridized carbons (Fsp3) is 0.387. The SMILES string of the molecule is NC(=O)C1=C(O)C[C@@H]2CC3Cc4c(F)c(CN5CCC(c6ccccc6)CC5)cc(O)c4C(=O)C3=C(O)[C@]2(O)C1=O. The summed E-state index contributed by atoms with van der Waals surface area (Å²) in [4.78, 5) is 40.5. The van der Waals surface area contributed by atoms with E-state index in [0.29, 0.717) is 5.92 Å². The molecule has 2 aromatic rings. The number of ketones is 2. The highest BCUT2D eigenvalue weighted by Gasteiger charge is 2.59. The van der Waals surface area contributed by atoms with E-state index in [9.17, 15) is 34.8 Å². The van der Waals surface area contributed by atoms with E-state index in [0.717, 1.165) is 25.9 Å². The molecule has 1 saturated heterocycles. The van der Waals surface area contributed by atoms with Crippen LogP contribution in [0.25, 0.3) is 0 Å². The van der Waals surface area contributed by atoms with E-state index < -0.39 is 63.6 Å². The van der Waals surface area contributed by atoms with Crippen LogP contribution in [0, 0.1) is 17.7 Å². The van der Waals surface area contributed by atoms with Crippen molar-refractivity contribution < 1.29 is 39.2 Å². The number of carbonyl (C=O) groups is 3. The Labute approximate surface area is 235 Å². The summed E-state index contributed by atoms with van der Waals surface area (Å²) in [6.07, 6.45) is 1.40. The predicted molar refractivity (Wildman–Crippen MR) is 144 cm³/mol. The number of phenolic OH excluding ortho intramolecular Hbond substituents is 1. The first-order valence-electron chi connectivity index (χ1n) is 13.8. The minimum Gasteiger partial charge on any atom is -0.511 e. The minimum absolute atomic E-state index is 0.0240. The average molecular weight is 563 g/mol. The van der Waals surface area contributed by atoms with Crippen molar-refractivity contribution in [2.45, 2.75) is 50.2 Å². The number of nitrogens with two attached hydrogens (primary N) is 1. The van der Waals surface area contributed by atoms with Crippen molar-refractivity contribution in [1.82, 2.24) is 4.90 Å². The molecule has 214 valence electrons. The van der Waals surface area contributed by atoms with Gasteiger partial charge in [0.25, 0.3) is 5.91 Å². The largest absolute Gasteiger partial charge is 0.511 e. The number of benzene rings is 2. The first kappa shape index (κ1) is 27.2. The zero-order valence-corrected chi connectivity index (χ0v) is 22.3. The Bertz CT molecular complexity index is 1540. The van der Waals surface area contributed by atoms with E-state index in [1.165, 1.54) is 11.6 Å². The zero-order valence-electron chi connectivity index (χ0n) is 22.3. The summed E-state index contributed by atoms with van der Waals surface area (Å²) in [5.74, 6) is -7.46. The summed E-state index contributed by atoms with van der Waals surface area (Å²) in [5.41, 5.74) is 2.69. The molecule has 0 saturated carbocycles. The van der Waals surface area contributed by atoms with Crippen LogP contribution >= 0.6 is 0 Å². The Morgan fingerprint density at radius 2 is 1.73 bits per heavy atom. The Kier molecular flexibility index (Phi) is 6.50. The molecule has 1 aliphatic heterocycles. The molecule has 10 heteroatoms. The van der Waals surface area contributed by atoms with Crippen LogP contribution < -0.4 is 5.73 Å². The second kappa shape index (κ2) is 9.81. The lowest BCUT2D eigenvalue weighted by Crippen LogP contribution is -2.57. The number of phenols is 1. The van der Waals surface area contributed by atoms with Crippen LogP contribution in [0.15, 0.2) is 59.1 Å². The Morgan fingerprint density at radius 3 is 2.39 bits per heavy atom. The van der Waals surface area contributed by atoms with Crippen molar-refractivity contribution in [3.63, 3.8) is 0 Å². The van der Waals surface area contributed by atoms with Gasteiger partial charge in [0.05, 0.1) is 5.56 Å². The molecular weight excluding hydrogens is 531 g/mol. The summed E-state index contributed by atoms with van der Waals surface area (Å²) in [6.45, 7) is 1.75. The molecule has 0 spiro atoms. The smallest absolute Gasteiger partial charge is 0.255 e. The maximum Gasteiger partial charge on any atom is 0.255 e. The van der Waals surface area contributed by atoms with Gasteiger partial charge in [-0.05, 0) is 62.2 Å². The van der Waals surface area contributed by atoms with Crippen molar-refractivity contribution in [3.05, 3.63) is 87.1 Å². The Morgan fingerprint density at radius 1 is 1.05 bits per heavy atom. The van der Waals surface area contributed by atoms with Crippen LogP contribution in [0.4, 0.5) is 4.39 Å². The molecule has 1 heterocycles. The van der Waals surface area contributed by atoms with Crippen molar-refractivity contribution >= 4 is 17.5 Å². The van der Waals surface area contributed by atoms with Gasteiger partial charge in [-0.15, -0.1) is 0 Å². The van der Waals surface area contributed by atoms with Crippen molar-refractivity contribution in [3.8, 4) is 5.75 Å². The number of primary amides is 1. The molecule has 0 radical (unpaired) electrons. The van der Waals surface area contributed by atoms with Gasteiger partial charge < -0.3 is 26.2 Å². The first-order chi connectivity index (χ1) is 19.5. The number of amides is 1. The van der Waals surface area contributed by atoms with E-state index in [1.54, 1.807) is 0 Å². The number of nitrogens with zero attached hydrogens (tertiary/aromatic N) is 1. The lowest BCUT2D eigenvalue weighted by atomic mass is 9.60. The number of aliphatic hydroxyl groups excluding tert-OH is 2. The summed E-state index contributed by atoms with van der Waals surface area (Å²) in [6, 6.07) is 11.5. The molecular formula is C31H31FN2O7. The molecule has 0 aromatic heterocycles. The average Bonchev–Trinajstić information content (AvgIpc) is 2.94. The normalized spacial score (nSPS) is 27.0. The highest BCUT2D eigenvalue weighted by molar-refractivity contribution is 6.24. The van der Waals surface area contributed by atoms with Gasteiger partial charge >= 0.3 is 0 Å². The number of allylic oxidation sites excluding steroid dienone is 2. The maximum atomic E-state index is 16.0. The first-order valence-corrected chi connectivity index (χ1v) is 13.8. The highest BCUT2D eigenvalue weighted by atomic mass is 19.1. The van der Waals surface area contributed by atoms with Crippen molar-refractivity contribution in [1.29, 1.82) is 0 Å². The Balaban J connectivity index is 1.29. The van der Waals surface area contributed by atoms with E-state index in [4.69, 9.17) is 5.73 Å². The number of piperidine rings is 1. The minimum atomic E-state index is -2.64. The van der Waals surface area contributed by atoms with Gasteiger partial charge in [-0.2, -0.15) is 0 Å². The summed E-state index contributed by atoms with van der Waals surface area (Å²) >= 11 is 0. The second-order valence-electron chi connectivity index (χ2n) is 11.6. The third-order valence-electron chi connectivity index (χ3n) is 9.32. The van der Waals surface area contributed by atoms with Crippen LogP contribution in [0.1, 0.15) is 58.6 Å². The number of aromatic hydroxyl groups is 1. The molecule has 41 heavy (non-hydrogen) atoms. The highest BCUT2D eigenvalue weighted by Crippen LogP contribution is 2.51. The molecule has 1 fully saturated rings. The topological polar surface area (TPSA) is 161 Å². The summed E-state index contributed by atoms with van der Waals surface area (Å²) in [5, 5.41) is 43.6. The monoisotopic (exact) mass is 562 g/mol. The third-order valence-corrected chi connectivity index (χ3v) is 9.32. The molecule has 1 unspecified atom stereocenters. The third kappa shape index (κ3) is 4.16. The molecule has 2 aromatic carbocycles. The second-order valence-corrected chi connectivity index (χ2v) is 11.6. The number of fused-ring (bicyclic) bond motifs is 3. The lowest BCUT2D eigenvalue weighted by molar-refractivity contribution is -0.144. The number of Topliss-reactive ketones (excluding diaryl/α,β-unsaturated/α-hetero) is 2. The van der Waals surface area contributed by atoms with Crippen molar-refractivity contribution in [2.75, 3.05) is 13.1 Å². The summed E-state index contributed by atoms with van der Waals surface area (Å²) in [7, 11) is 0. The number of carbonyl (C=O) groups excluding carboxylic acids is 3. The van der Waals surface area contributed by atoms with E-state index >= 15 is 4.39 Å². The molecule has 9 nitrogen and oxygen atoms in total. The molecule has 1 amide bonds. The molecule has 4 aliphatic rings. The zero-order chi connectivity index (χ0) is 29.2. The lowest BCUT2D eigenvalue weighted by Gasteiger charge is -2.45. The molecule has 0 bridgehead atoms. The fourth-order valence-corrected chi connectivity index (χ4v) is 7.23. The van der Waals surface area contributed by atoms with Crippen LogP contribution in [0.2, 0.25) is 0 Å². The Hall–Kier alpha value is -4.02.